The normalized spacial score (nSPS) is 29.3. The number of aliphatic hydroxyl groups is 1. The van der Waals surface area contributed by atoms with E-state index in [9.17, 15) is 19.5 Å². The largest absolute Gasteiger partial charge is 0.465 e. The van der Waals surface area contributed by atoms with Gasteiger partial charge in [-0.3, -0.25) is 14.4 Å². The molecule has 7 nitrogen and oxygen atoms in total. The van der Waals surface area contributed by atoms with E-state index in [1.807, 2.05) is 32.0 Å². The maximum atomic E-state index is 14.6. The first kappa shape index (κ1) is 28.9. The average molecular weight is 606 g/mol. The van der Waals surface area contributed by atoms with Crippen LogP contribution in [-0.2, 0) is 19.1 Å². The second-order valence-electron chi connectivity index (χ2n) is 10.4. The Morgan fingerprint density at radius 2 is 2.05 bits per heavy atom. The van der Waals surface area contributed by atoms with E-state index in [4.69, 9.17) is 4.74 Å². The number of amides is 2. The molecule has 1 spiro atoms. The lowest BCUT2D eigenvalue weighted by atomic mass is 9.71. The summed E-state index contributed by atoms with van der Waals surface area (Å²) in [5.74, 6) is -1.96. The van der Waals surface area contributed by atoms with E-state index < -0.39 is 22.6 Å². The molecule has 2 bridgehead atoms. The lowest BCUT2D eigenvalue weighted by molar-refractivity contribution is -0.154. The molecule has 38 heavy (non-hydrogen) atoms. The lowest BCUT2D eigenvalue weighted by Gasteiger charge is -2.38. The van der Waals surface area contributed by atoms with E-state index in [1.54, 1.807) is 33.7 Å². The van der Waals surface area contributed by atoms with Crippen molar-refractivity contribution in [2.75, 3.05) is 31.2 Å². The lowest BCUT2D eigenvalue weighted by Crippen LogP contribution is -2.55. The third kappa shape index (κ3) is 4.97. The van der Waals surface area contributed by atoms with Crippen molar-refractivity contribution in [3.05, 3.63) is 54.6 Å². The van der Waals surface area contributed by atoms with Crippen LogP contribution in [0.3, 0.4) is 0 Å². The van der Waals surface area contributed by atoms with Crippen LogP contribution in [0, 0.1) is 25.7 Å². The van der Waals surface area contributed by atoms with Crippen LogP contribution in [0.5, 0.6) is 0 Å². The number of nitrogens with zero attached hydrogens (tertiary/aromatic N) is 2. The first-order chi connectivity index (χ1) is 18.2. The van der Waals surface area contributed by atoms with Crippen molar-refractivity contribution in [2.24, 2.45) is 11.8 Å². The fourth-order valence-corrected chi connectivity index (χ4v) is 9.84. The van der Waals surface area contributed by atoms with E-state index in [0.29, 0.717) is 38.8 Å². The number of alkyl halides is 1. The molecule has 3 unspecified atom stereocenters. The Labute approximate surface area is 237 Å². The van der Waals surface area contributed by atoms with Crippen LogP contribution in [0.2, 0.25) is 0 Å². The molecule has 3 heterocycles. The van der Waals surface area contributed by atoms with E-state index in [-0.39, 0.29) is 41.1 Å². The highest BCUT2D eigenvalue weighted by atomic mass is 79.9. The number of anilines is 1. The van der Waals surface area contributed by atoms with E-state index >= 15 is 0 Å². The summed E-state index contributed by atoms with van der Waals surface area (Å²) in [6, 6.07) is 5.26. The number of rotatable bonds is 12. The van der Waals surface area contributed by atoms with Gasteiger partial charge in [-0.1, -0.05) is 40.2 Å². The van der Waals surface area contributed by atoms with Gasteiger partial charge >= 0.3 is 5.97 Å². The number of ether oxygens (including phenoxy) is 1. The number of carbonyl (C=O) groups excluding carboxylic acids is 3. The van der Waals surface area contributed by atoms with Gasteiger partial charge in [0.2, 0.25) is 5.91 Å². The van der Waals surface area contributed by atoms with Crippen LogP contribution in [0.4, 0.5) is 5.69 Å². The molecule has 4 rings (SSSR count). The number of halogens is 1. The van der Waals surface area contributed by atoms with Gasteiger partial charge in [0.25, 0.3) is 5.91 Å². The van der Waals surface area contributed by atoms with Gasteiger partial charge in [0, 0.05) is 35.5 Å². The quantitative estimate of drug-likeness (QED) is 0.167. The molecule has 2 amide bonds. The van der Waals surface area contributed by atoms with Crippen molar-refractivity contribution < 1.29 is 24.2 Å². The fourth-order valence-electron chi connectivity index (χ4n) is 6.25. The van der Waals surface area contributed by atoms with Crippen LogP contribution in [0.1, 0.15) is 36.8 Å². The standard InChI is InChI=1S/C29H37BrN2O5S/c1-5-7-15-37-28(36)22-23-26(34)32(13-8-9-14-33)25(29(23)17-20(30)24(22)38-29)27(35)31(12-6-2)21-16-18(3)10-11-19(21)4/h5-6,10-11,16,20,22-25,33H,1-2,7-9,12-15,17H2,3-4H3/t20?,22-,23-,24-,25?,29?/m0/s1. The Kier molecular flexibility index (Phi) is 9.10. The zero-order chi connectivity index (χ0) is 27.6. The van der Waals surface area contributed by atoms with Gasteiger partial charge in [-0.25, -0.2) is 0 Å². The first-order valence-corrected chi connectivity index (χ1v) is 15.0. The van der Waals surface area contributed by atoms with Crippen molar-refractivity contribution in [3.8, 4) is 0 Å². The van der Waals surface area contributed by atoms with Crippen LogP contribution >= 0.6 is 27.7 Å². The molecule has 0 saturated carbocycles. The summed E-state index contributed by atoms with van der Waals surface area (Å²) in [6.07, 6.45) is 5.64. The van der Waals surface area contributed by atoms with Crippen molar-refractivity contribution in [1.29, 1.82) is 0 Å². The average Bonchev–Trinajstić information content (AvgIpc) is 3.47. The molecule has 1 aromatic rings. The third-order valence-corrected chi connectivity index (χ3v) is 11.1. The van der Waals surface area contributed by atoms with Gasteiger partial charge in [0.1, 0.15) is 6.04 Å². The number of hydrogen-bond acceptors (Lipinski definition) is 6. The molecule has 6 atom stereocenters. The van der Waals surface area contributed by atoms with Gasteiger partial charge in [0.05, 0.1) is 23.2 Å². The first-order valence-electron chi connectivity index (χ1n) is 13.2. The molecule has 3 fully saturated rings. The molecular weight excluding hydrogens is 568 g/mol. The topological polar surface area (TPSA) is 87.1 Å². The summed E-state index contributed by atoms with van der Waals surface area (Å²) < 4.78 is 4.83. The number of hydrogen-bond donors (Lipinski definition) is 1. The van der Waals surface area contributed by atoms with Gasteiger partial charge in [-0.2, -0.15) is 0 Å². The number of thioether (sulfide) groups is 1. The molecule has 9 heteroatoms. The van der Waals surface area contributed by atoms with Gasteiger partial charge < -0.3 is 19.6 Å². The van der Waals surface area contributed by atoms with E-state index in [2.05, 4.69) is 29.1 Å². The third-order valence-electron chi connectivity index (χ3n) is 7.90. The van der Waals surface area contributed by atoms with Gasteiger partial charge in [-0.15, -0.1) is 24.9 Å². The summed E-state index contributed by atoms with van der Waals surface area (Å²) in [7, 11) is 0. The van der Waals surface area contributed by atoms with Crippen LogP contribution in [0.15, 0.2) is 43.5 Å². The molecule has 0 aromatic heterocycles. The highest BCUT2D eigenvalue weighted by Crippen LogP contribution is 2.68. The SMILES string of the molecule is C=CCCOC(=O)[C@H]1[C@H]2C(=O)N(CCCCO)C(C(=O)N(CC=C)c3cc(C)ccc3C)C23CC(Br)[C@@H]1S3. The fraction of sp³-hybridized carbons (Fsp3) is 0.552. The molecule has 1 N–H and O–H groups in total. The Balaban J connectivity index is 1.76. The number of fused-ring (bicyclic) bond motifs is 1. The Bertz CT molecular complexity index is 1110. The number of benzene rings is 1. The minimum absolute atomic E-state index is 0.0127. The second-order valence-corrected chi connectivity index (χ2v) is 13.1. The van der Waals surface area contributed by atoms with Crippen LogP contribution < -0.4 is 4.90 Å². The second kappa shape index (κ2) is 12.0. The van der Waals surface area contributed by atoms with Crippen molar-refractivity contribution >= 4 is 51.2 Å². The highest BCUT2D eigenvalue weighted by Gasteiger charge is 2.76. The monoisotopic (exact) mass is 604 g/mol. The maximum Gasteiger partial charge on any atom is 0.310 e. The summed E-state index contributed by atoms with van der Waals surface area (Å²) >= 11 is 5.38. The number of aryl methyl sites for hydroxylation is 2. The number of likely N-dealkylation sites (tertiary alicyclic amines) is 1. The molecular formula is C29H37BrN2O5S. The zero-order valence-corrected chi connectivity index (χ0v) is 24.5. The van der Waals surface area contributed by atoms with Crippen molar-refractivity contribution in [1.82, 2.24) is 4.90 Å². The summed E-state index contributed by atoms with van der Waals surface area (Å²) in [6.45, 7) is 12.4. The highest BCUT2D eigenvalue weighted by molar-refractivity contribution is 9.09. The molecule has 0 radical (unpaired) electrons. The van der Waals surface area contributed by atoms with E-state index in [0.717, 1.165) is 16.8 Å². The van der Waals surface area contributed by atoms with Gasteiger partial charge in [-0.05, 0) is 56.7 Å². The summed E-state index contributed by atoms with van der Waals surface area (Å²) in [5.41, 5.74) is 2.79. The smallest absolute Gasteiger partial charge is 0.310 e. The molecule has 3 saturated heterocycles. The molecule has 1 aromatic carbocycles. The minimum atomic E-state index is -0.745. The minimum Gasteiger partial charge on any atom is -0.465 e. The van der Waals surface area contributed by atoms with E-state index in [1.165, 1.54) is 0 Å². The molecule has 3 aliphatic rings. The number of carbonyl (C=O) groups is 3. The summed E-state index contributed by atoms with van der Waals surface area (Å²) in [5, 5.41) is 9.24. The summed E-state index contributed by atoms with van der Waals surface area (Å²) in [4.78, 5) is 45.4. The number of aliphatic hydroxyl groups excluding tert-OH is 1. The maximum absolute atomic E-state index is 14.6. The Morgan fingerprint density at radius 1 is 1.29 bits per heavy atom. The number of esters is 1. The predicted octanol–water partition coefficient (Wildman–Crippen LogP) is 4.18. The Morgan fingerprint density at radius 3 is 2.74 bits per heavy atom. The van der Waals surface area contributed by atoms with Crippen molar-refractivity contribution in [3.63, 3.8) is 0 Å². The molecule has 3 aliphatic heterocycles. The zero-order valence-electron chi connectivity index (χ0n) is 22.1. The van der Waals surface area contributed by atoms with Crippen LogP contribution in [0.25, 0.3) is 0 Å². The Hall–Kier alpha value is -2.10. The predicted molar refractivity (Wildman–Crippen MR) is 154 cm³/mol. The number of unbranched alkanes of at least 4 members (excludes halogenated alkanes) is 1. The molecule has 206 valence electrons. The molecule has 0 aliphatic carbocycles. The van der Waals surface area contributed by atoms with Crippen molar-refractivity contribution in [2.45, 2.75) is 60.4 Å². The van der Waals surface area contributed by atoms with Gasteiger partial charge in [0.15, 0.2) is 0 Å². The van der Waals surface area contributed by atoms with Crippen LogP contribution in [-0.4, -0.2) is 75.0 Å².